The van der Waals surface area contributed by atoms with Gasteiger partial charge in [0, 0.05) is 12.3 Å². The lowest BCUT2D eigenvalue weighted by Gasteiger charge is -2.00. The van der Waals surface area contributed by atoms with Gasteiger partial charge in [0.1, 0.15) is 0 Å². The summed E-state index contributed by atoms with van der Waals surface area (Å²) in [5, 5.41) is 10.8. The predicted molar refractivity (Wildman–Crippen MR) is 71.5 cm³/mol. The lowest BCUT2D eigenvalue weighted by molar-refractivity contribution is -0.385. The van der Waals surface area contributed by atoms with Gasteiger partial charge in [-0.05, 0) is 18.6 Å². The van der Waals surface area contributed by atoms with Crippen molar-refractivity contribution in [3.8, 4) is 0 Å². The normalized spacial score (nSPS) is 10.7. The molecule has 0 bridgehead atoms. The van der Waals surface area contributed by atoms with Crippen LogP contribution in [0, 0.1) is 17.0 Å². The molecule has 0 aromatic heterocycles. The predicted octanol–water partition coefficient (Wildman–Crippen LogP) is 3.65. The smallest absolute Gasteiger partial charge is 0.258 e. The van der Waals surface area contributed by atoms with Gasteiger partial charge in [-0.3, -0.25) is 15.1 Å². The molecule has 0 aliphatic carbocycles. The fraction of sp³-hybridized carbons (Fsp3) is 0.0714. The molecule has 2 aromatic rings. The Morgan fingerprint density at radius 2 is 1.83 bits per heavy atom. The van der Waals surface area contributed by atoms with Crippen LogP contribution < -0.4 is 0 Å². The molecule has 2 rings (SSSR count). The number of nitrogens with zero attached hydrogens (tertiary/aromatic N) is 2. The summed E-state index contributed by atoms with van der Waals surface area (Å²) in [5.41, 5.74) is 2.25. The van der Waals surface area contributed by atoms with Gasteiger partial charge in [-0.1, -0.05) is 36.4 Å². The van der Waals surface area contributed by atoms with Gasteiger partial charge in [-0.15, -0.1) is 0 Å². The van der Waals surface area contributed by atoms with E-state index in [1.54, 1.807) is 25.3 Å². The van der Waals surface area contributed by atoms with Gasteiger partial charge in [-0.25, -0.2) is 0 Å². The molecule has 4 nitrogen and oxygen atoms in total. The molecule has 0 saturated carbocycles. The standard InChI is InChI=1S/C14H12N2O2/c1-11-13(8-5-9-14(11)16(17)18)15-10-12-6-3-2-4-7-12/h2-10H,1H3. The van der Waals surface area contributed by atoms with Crippen LogP contribution in [0.5, 0.6) is 0 Å². The Balaban J connectivity index is 2.33. The average Bonchev–Trinajstić information content (AvgIpc) is 2.38. The summed E-state index contributed by atoms with van der Waals surface area (Å²) >= 11 is 0. The molecule has 4 heteroatoms. The van der Waals surface area contributed by atoms with Crippen molar-refractivity contribution in [3.63, 3.8) is 0 Å². The quantitative estimate of drug-likeness (QED) is 0.467. The van der Waals surface area contributed by atoms with Crippen LogP contribution in [-0.2, 0) is 0 Å². The molecule has 2 aromatic carbocycles. The maximum Gasteiger partial charge on any atom is 0.274 e. The minimum atomic E-state index is -0.392. The van der Waals surface area contributed by atoms with Crippen molar-refractivity contribution in [2.24, 2.45) is 4.99 Å². The highest BCUT2D eigenvalue weighted by atomic mass is 16.6. The summed E-state index contributed by atoms with van der Waals surface area (Å²) in [7, 11) is 0. The van der Waals surface area contributed by atoms with E-state index in [2.05, 4.69) is 4.99 Å². The highest BCUT2D eigenvalue weighted by Crippen LogP contribution is 2.27. The SMILES string of the molecule is Cc1c(N=Cc2ccccc2)cccc1[N+](=O)[O-]. The number of nitro benzene ring substituents is 1. The molecule has 0 saturated heterocycles. The van der Waals surface area contributed by atoms with E-state index in [1.165, 1.54) is 6.07 Å². The molecular weight excluding hydrogens is 228 g/mol. The molecule has 0 aliphatic heterocycles. The van der Waals surface area contributed by atoms with Crippen LogP contribution in [0.4, 0.5) is 11.4 Å². The van der Waals surface area contributed by atoms with Gasteiger partial charge in [-0.2, -0.15) is 0 Å². The second-order valence-corrected chi connectivity index (χ2v) is 3.85. The van der Waals surface area contributed by atoms with Crippen molar-refractivity contribution in [1.29, 1.82) is 0 Å². The second kappa shape index (κ2) is 5.23. The number of hydrogen-bond acceptors (Lipinski definition) is 3. The first-order valence-electron chi connectivity index (χ1n) is 5.51. The first-order chi connectivity index (χ1) is 8.68. The molecule has 0 N–H and O–H groups in total. The van der Waals surface area contributed by atoms with Crippen LogP contribution in [0.15, 0.2) is 53.5 Å². The van der Waals surface area contributed by atoms with Crippen LogP contribution >= 0.6 is 0 Å². The Labute approximate surface area is 105 Å². The number of rotatable bonds is 3. The van der Waals surface area contributed by atoms with Crippen molar-refractivity contribution < 1.29 is 4.92 Å². The maximum atomic E-state index is 10.8. The summed E-state index contributed by atoms with van der Waals surface area (Å²) in [6.07, 6.45) is 1.70. The van der Waals surface area contributed by atoms with E-state index in [-0.39, 0.29) is 5.69 Å². The summed E-state index contributed by atoms with van der Waals surface area (Å²) < 4.78 is 0. The van der Waals surface area contributed by atoms with Crippen LogP contribution in [0.3, 0.4) is 0 Å². The molecule has 90 valence electrons. The molecule has 0 spiro atoms. The topological polar surface area (TPSA) is 55.5 Å². The van der Waals surface area contributed by atoms with Gasteiger partial charge in [0.25, 0.3) is 5.69 Å². The minimum absolute atomic E-state index is 0.0951. The van der Waals surface area contributed by atoms with Crippen LogP contribution in [0.2, 0.25) is 0 Å². The van der Waals surface area contributed by atoms with E-state index in [1.807, 2.05) is 30.3 Å². The van der Waals surface area contributed by atoms with Crippen molar-refractivity contribution in [1.82, 2.24) is 0 Å². The molecule has 0 radical (unpaired) electrons. The van der Waals surface area contributed by atoms with Crippen molar-refractivity contribution in [2.75, 3.05) is 0 Å². The zero-order valence-electron chi connectivity index (χ0n) is 9.91. The molecular formula is C14H12N2O2. The van der Waals surface area contributed by atoms with Crippen LogP contribution in [-0.4, -0.2) is 11.1 Å². The number of benzene rings is 2. The largest absolute Gasteiger partial charge is 0.274 e. The van der Waals surface area contributed by atoms with Gasteiger partial charge >= 0.3 is 0 Å². The Hall–Kier alpha value is -2.49. The molecule has 0 aliphatic rings. The monoisotopic (exact) mass is 240 g/mol. The zero-order chi connectivity index (χ0) is 13.0. The van der Waals surface area contributed by atoms with Gasteiger partial charge in [0.05, 0.1) is 16.2 Å². The van der Waals surface area contributed by atoms with E-state index in [0.29, 0.717) is 11.3 Å². The Morgan fingerprint density at radius 3 is 2.50 bits per heavy atom. The summed E-state index contributed by atoms with van der Waals surface area (Å²) in [4.78, 5) is 14.7. The molecule has 0 heterocycles. The minimum Gasteiger partial charge on any atom is -0.258 e. The van der Waals surface area contributed by atoms with Crippen LogP contribution in [0.25, 0.3) is 0 Å². The zero-order valence-corrected chi connectivity index (χ0v) is 9.91. The lowest BCUT2D eigenvalue weighted by atomic mass is 10.1. The average molecular weight is 240 g/mol. The third-order valence-corrected chi connectivity index (χ3v) is 2.63. The highest BCUT2D eigenvalue weighted by molar-refractivity contribution is 5.82. The third-order valence-electron chi connectivity index (χ3n) is 2.63. The molecule has 0 amide bonds. The Kier molecular flexibility index (Phi) is 3.48. The van der Waals surface area contributed by atoms with Gasteiger partial charge < -0.3 is 0 Å². The molecule has 18 heavy (non-hydrogen) atoms. The highest BCUT2D eigenvalue weighted by Gasteiger charge is 2.11. The van der Waals surface area contributed by atoms with Crippen molar-refractivity contribution >= 4 is 17.6 Å². The Bertz CT molecular complexity index is 592. The molecule has 0 atom stereocenters. The fourth-order valence-electron chi connectivity index (χ4n) is 1.63. The van der Waals surface area contributed by atoms with Gasteiger partial charge in [0.2, 0.25) is 0 Å². The van der Waals surface area contributed by atoms with E-state index in [0.717, 1.165) is 5.56 Å². The Morgan fingerprint density at radius 1 is 1.11 bits per heavy atom. The first kappa shape index (κ1) is 12.0. The molecule has 0 fully saturated rings. The fourth-order valence-corrected chi connectivity index (χ4v) is 1.63. The lowest BCUT2D eigenvalue weighted by Crippen LogP contribution is -1.91. The number of hydrogen-bond donors (Lipinski definition) is 0. The summed E-state index contributed by atoms with van der Waals surface area (Å²) in [5.74, 6) is 0. The van der Waals surface area contributed by atoms with E-state index < -0.39 is 4.92 Å². The second-order valence-electron chi connectivity index (χ2n) is 3.85. The number of nitro groups is 1. The number of aliphatic imine (C=N–C) groups is 1. The van der Waals surface area contributed by atoms with E-state index >= 15 is 0 Å². The van der Waals surface area contributed by atoms with Crippen molar-refractivity contribution in [3.05, 3.63) is 69.8 Å². The van der Waals surface area contributed by atoms with Crippen LogP contribution in [0.1, 0.15) is 11.1 Å². The summed E-state index contributed by atoms with van der Waals surface area (Å²) in [6, 6.07) is 14.5. The first-order valence-corrected chi connectivity index (χ1v) is 5.51. The third kappa shape index (κ3) is 2.60. The maximum absolute atomic E-state index is 10.8. The van der Waals surface area contributed by atoms with Gasteiger partial charge in [0.15, 0.2) is 0 Å². The summed E-state index contributed by atoms with van der Waals surface area (Å²) in [6.45, 7) is 1.70. The van der Waals surface area contributed by atoms with E-state index in [4.69, 9.17) is 0 Å². The van der Waals surface area contributed by atoms with E-state index in [9.17, 15) is 10.1 Å². The molecule has 0 unspecified atom stereocenters. The van der Waals surface area contributed by atoms with Crippen molar-refractivity contribution in [2.45, 2.75) is 6.92 Å².